The number of nitrogens with one attached hydrogen (secondary N) is 7. The molecule has 0 aromatic heterocycles. The molecule has 103 heavy (non-hydrogen) atoms. The number of aliphatic hydroxyl groups excluding tert-OH is 3. The van der Waals surface area contributed by atoms with Crippen LogP contribution in [0.15, 0.2) is 36.4 Å². The van der Waals surface area contributed by atoms with Crippen LogP contribution in [0.5, 0.6) is 5.75 Å². The molecule has 0 aliphatic carbocycles. The number of esters is 1. The lowest BCUT2D eigenvalue weighted by Gasteiger charge is -2.36. The van der Waals surface area contributed by atoms with Crippen LogP contribution in [-0.4, -0.2) is 239 Å². The molecule has 0 saturated carbocycles. The molecule has 0 radical (unpaired) electrons. The molecule has 1 aromatic rings. The van der Waals surface area contributed by atoms with Crippen LogP contribution in [0.3, 0.4) is 0 Å². The number of amides is 12. The van der Waals surface area contributed by atoms with Crippen molar-refractivity contribution in [1.82, 2.24) is 47.0 Å². The smallest absolute Gasteiger partial charge is 0.328 e. The Morgan fingerprint density at radius 1 is 0.699 bits per heavy atom. The maximum Gasteiger partial charge on any atom is 0.328 e. The van der Waals surface area contributed by atoms with Crippen molar-refractivity contribution in [3.05, 3.63) is 42.0 Å². The molecule has 1 aliphatic heterocycles. The van der Waals surface area contributed by atoms with Gasteiger partial charge in [-0.3, -0.25) is 67.1 Å². The number of aliphatic hydroxyl groups is 3. The molecule has 35 heteroatoms. The molecule has 2 rings (SSSR count). The van der Waals surface area contributed by atoms with Crippen LogP contribution in [0.25, 0.3) is 0 Å². The monoisotopic (exact) mass is 1460 g/mol. The summed E-state index contributed by atoms with van der Waals surface area (Å²) in [5.41, 5.74) is 23.1. The van der Waals surface area contributed by atoms with Crippen LogP contribution >= 0.6 is 0 Å². The first-order valence-electron chi connectivity index (χ1n) is 33.9. The number of hydrogen-bond acceptors (Lipinski definition) is 23. The standard InChI is InChI=1S/C68H109N13O22/c1-31(2)24-33(5)16-19-42(84)26-51(88)76-55(57(90)60(72)92)65(97)78-54(38(10)82)49(86)27-43(36(8)69)61(93)77-53(34(6)35(7)59(71)91)48(85)28-44-39(11)103-68(100)37(9)80(12)67(99)56(58(102-15)40-17-20-41(83)21-18-40)79-64(96)47(22-23-50(70)87)81(13)66(98)45(25-32(3)4)74-52(89)29-73-63(95)46(30-101-14)75-62(44)94/h16-21,31-39,42-47,53-58,82-84,90H,22-30,69H2,1-15H3,(H2,70,87)(H2,71,91)(H2,72,92)(H,73,95)(H,74,89)(H,75,94)(H,76,88)(H,77,93)(H,78,97)(H,79,96)/b19-16-. The molecule has 19 N–H and O–H groups in total. The second-order valence-electron chi connectivity index (χ2n) is 27.3. The minimum Gasteiger partial charge on any atom is -0.508 e. The zero-order chi connectivity index (χ0) is 78.8. The Kier molecular flexibility index (Phi) is 37.2. The summed E-state index contributed by atoms with van der Waals surface area (Å²) in [5.74, 6) is -23.0. The number of ketones is 2. The van der Waals surface area contributed by atoms with Crippen LogP contribution in [0.2, 0.25) is 0 Å². The third kappa shape index (κ3) is 28.3. The number of cyclic esters (lactones) is 1. The topological polar surface area (TPSA) is 559 Å². The van der Waals surface area contributed by atoms with E-state index >= 15 is 9.59 Å². The summed E-state index contributed by atoms with van der Waals surface area (Å²) >= 11 is 0. The average Bonchev–Trinajstić information content (AvgIpc) is 0.836. The molecule has 1 aromatic carbocycles. The van der Waals surface area contributed by atoms with Gasteiger partial charge in [0.25, 0.3) is 0 Å². The molecule has 1 aliphatic rings. The molecule has 12 amide bonds. The van der Waals surface area contributed by atoms with Gasteiger partial charge in [0.1, 0.15) is 60.3 Å². The molecule has 0 spiro atoms. The highest BCUT2D eigenvalue weighted by Crippen LogP contribution is 2.28. The number of allylic oxidation sites excluding steroid dienone is 1. The third-order valence-corrected chi connectivity index (χ3v) is 17.8. The van der Waals surface area contributed by atoms with Gasteiger partial charge in [-0.15, -0.1) is 0 Å². The van der Waals surface area contributed by atoms with Gasteiger partial charge < -0.3 is 105 Å². The minimum absolute atomic E-state index is 0.0130. The third-order valence-electron chi connectivity index (χ3n) is 17.8. The number of nitrogens with zero attached hydrogens (tertiary/aromatic N) is 2. The van der Waals surface area contributed by atoms with E-state index in [-0.39, 0.29) is 29.6 Å². The van der Waals surface area contributed by atoms with Crippen LogP contribution in [0, 0.1) is 41.4 Å². The summed E-state index contributed by atoms with van der Waals surface area (Å²) in [7, 11) is 4.68. The highest BCUT2D eigenvalue weighted by molar-refractivity contribution is 6.01. The summed E-state index contributed by atoms with van der Waals surface area (Å²) in [6, 6.07) is -10.3. The van der Waals surface area contributed by atoms with Crippen molar-refractivity contribution in [2.24, 2.45) is 64.4 Å². The number of hydrogen-bond donors (Lipinski definition) is 15. The average molecular weight is 1460 g/mol. The van der Waals surface area contributed by atoms with E-state index in [0.29, 0.717) is 5.92 Å². The van der Waals surface area contributed by atoms with Crippen molar-refractivity contribution in [3.8, 4) is 5.75 Å². The zero-order valence-electron chi connectivity index (χ0n) is 61.3. The van der Waals surface area contributed by atoms with Gasteiger partial charge in [0, 0.05) is 59.5 Å². The first-order valence-corrected chi connectivity index (χ1v) is 33.9. The Morgan fingerprint density at radius 3 is 1.83 bits per heavy atom. The van der Waals surface area contributed by atoms with Crippen LogP contribution in [0.1, 0.15) is 133 Å². The Morgan fingerprint density at radius 2 is 1.30 bits per heavy atom. The second kappa shape index (κ2) is 42.5. The van der Waals surface area contributed by atoms with Crippen LogP contribution < -0.4 is 60.2 Å². The molecular weight excluding hydrogens is 1350 g/mol. The number of ether oxygens (including phenoxy) is 3. The Hall–Kier alpha value is -9.03. The van der Waals surface area contributed by atoms with Crippen molar-refractivity contribution in [2.45, 2.75) is 206 Å². The number of phenolic OH excluding ortho intramolecular Hbond substituents is 1. The summed E-state index contributed by atoms with van der Waals surface area (Å²) in [6.07, 6.45) is -8.62. The quantitative estimate of drug-likeness (QED) is 0.0232. The highest BCUT2D eigenvalue weighted by Gasteiger charge is 2.45. The minimum atomic E-state index is -2.43. The van der Waals surface area contributed by atoms with Gasteiger partial charge in [0.15, 0.2) is 17.7 Å². The number of carbonyl (C=O) groups is 15. The largest absolute Gasteiger partial charge is 0.508 e. The SMILES string of the molecule is COCC1NC(=O)C(CC(=O)C(NC(=O)C(CC(=O)C(NC(=O)C(NC(=O)CC(O)/C=C\C(C)CC(C)C)C(O)C(N)=O)C(C)O)C(C)N)C(C)C(C)C(N)=O)C(C)OC(=O)C(C)N(C)C(=O)C(C(OC)c2ccc(O)cc2)NC(=O)C(CCC(N)=O)N(C)C(=O)C(CC(C)C)NC(=O)CNC1=O. The number of phenols is 1. The van der Waals surface area contributed by atoms with Crippen LogP contribution in [0.4, 0.5) is 0 Å². The molecule has 35 nitrogen and oxygen atoms in total. The van der Waals surface area contributed by atoms with Crippen molar-refractivity contribution >= 4 is 88.4 Å². The summed E-state index contributed by atoms with van der Waals surface area (Å²) in [6.45, 7) is 15.2. The van der Waals surface area contributed by atoms with E-state index in [1.807, 2.05) is 20.8 Å². The molecule has 19 unspecified atom stereocenters. The van der Waals surface area contributed by atoms with Gasteiger partial charge in [0.2, 0.25) is 70.9 Å². The zero-order valence-corrected chi connectivity index (χ0v) is 61.3. The lowest BCUT2D eigenvalue weighted by atomic mass is 9.82. The first kappa shape index (κ1) is 90.1. The van der Waals surface area contributed by atoms with Gasteiger partial charge in [0.05, 0.1) is 49.7 Å². The second-order valence-corrected chi connectivity index (χ2v) is 27.3. The van der Waals surface area contributed by atoms with E-state index in [2.05, 4.69) is 37.2 Å². The lowest BCUT2D eigenvalue weighted by molar-refractivity contribution is -0.163. The van der Waals surface area contributed by atoms with Crippen molar-refractivity contribution in [2.75, 3.05) is 41.5 Å². The molecular formula is C68H109N13O22. The van der Waals surface area contributed by atoms with E-state index < -0.39 is 242 Å². The Balaban J connectivity index is 2.85. The number of likely N-dealkylation sites (N-methyl/N-ethyl adjacent to an activating group) is 2. The Bertz CT molecular complexity index is 3170. The predicted octanol–water partition coefficient (Wildman–Crippen LogP) is -3.85. The lowest BCUT2D eigenvalue weighted by Crippen LogP contribution is -2.61. The molecule has 0 bridgehead atoms. The van der Waals surface area contributed by atoms with Crippen LogP contribution in [-0.2, 0) is 86.1 Å². The fourth-order valence-electron chi connectivity index (χ4n) is 11.4. The normalized spacial score (nSPS) is 23.0. The van der Waals surface area contributed by atoms with Crippen molar-refractivity contribution in [3.63, 3.8) is 0 Å². The number of aromatic hydroxyl groups is 1. The maximum absolute atomic E-state index is 15.2. The number of Topliss-reactive ketones (excluding diaryl/α,β-unsaturated/α-hetero) is 2. The fraction of sp³-hybridized carbons (Fsp3) is 0.662. The van der Waals surface area contributed by atoms with Crippen molar-refractivity contribution < 1.29 is 107 Å². The van der Waals surface area contributed by atoms with Gasteiger partial charge in [-0.05, 0) is 88.3 Å². The summed E-state index contributed by atoms with van der Waals surface area (Å²) < 4.78 is 16.9. The number of rotatable bonds is 34. The van der Waals surface area contributed by atoms with E-state index in [9.17, 15) is 82.8 Å². The molecule has 1 heterocycles. The molecule has 1 saturated heterocycles. The number of methoxy groups -OCH3 is 2. The number of nitrogens with two attached hydrogens (primary N) is 4. The van der Waals surface area contributed by atoms with E-state index in [1.54, 1.807) is 19.9 Å². The number of benzene rings is 1. The van der Waals surface area contributed by atoms with E-state index in [4.69, 9.17) is 37.1 Å². The van der Waals surface area contributed by atoms with Gasteiger partial charge in [-0.25, -0.2) is 4.79 Å². The number of primary amides is 3. The van der Waals surface area contributed by atoms with Crippen molar-refractivity contribution in [1.29, 1.82) is 0 Å². The van der Waals surface area contributed by atoms with Gasteiger partial charge in [-0.1, -0.05) is 72.8 Å². The predicted molar refractivity (Wildman–Crippen MR) is 369 cm³/mol. The molecule has 578 valence electrons. The molecule has 1 fully saturated rings. The maximum atomic E-state index is 15.2. The van der Waals surface area contributed by atoms with Gasteiger partial charge in [-0.2, -0.15) is 0 Å². The van der Waals surface area contributed by atoms with E-state index in [0.717, 1.165) is 44.2 Å². The highest BCUT2D eigenvalue weighted by atomic mass is 16.5. The number of carbonyl (C=O) groups excluding carboxylic acids is 15. The summed E-state index contributed by atoms with van der Waals surface area (Å²) in [4.78, 5) is 212. The fourth-order valence-corrected chi connectivity index (χ4v) is 11.4. The first-order chi connectivity index (χ1) is 47.9. The Labute approximate surface area is 599 Å². The molecule has 19 atom stereocenters. The van der Waals surface area contributed by atoms with Gasteiger partial charge >= 0.3 is 5.97 Å². The van der Waals surface area contributed by atoms with E-state index in [1.165, 1.54) is 72.2 Å². The summed E-state index contributed by atoms with van der Waals surface area (Å²) in [5, 5.41) is 59.1.